The van der Waals surface area contributed by atoms with Gasteiger partial charge >= 0.3 is 0 Å². The second-order valence-electron chi connectivity index (χ2n) is 7.53. The number of nitrogens with zero attached hydrogens (tertiary/aromatic N) is 2. The molecule has 0 atom stereocenters. The third-order valence-electron chi connectivity index (χ3n) is 5.38. The van der Waals surface area contributed by atoms with E-state index in [1.165, 1.54) is 4.31 Å². The van der Waals surface area contributed by atoms with Gasteiger partial charge in [-0.2, -0.15) is 9.57 Å². The van der Waals surface area contributed by atoms with Gasteiger partial charge in [-0.3, -0.25) is 4.79 Å². The van der Waals surface area contributed by atoms with E-state index in [2.05, 4.69) is 5.32 Å². The Bertz CT molecular complexity index is 1280. The highest BCUT2D eigenvalue weighted by Gasteiger charge is 2.28. The summed E-state index contributed by atoms with van der Waals surface area (Å²) in [5.74, 6) is -0.288. The Kier molecular flexibility index (Phi) is 5.59. The number of nitriles is 1. The molecule has 0 bridgehead atoms. The van der Waals surface area contributed by atoms with Crippen LogP contribution in [0.1, 0.15) is 32.6 Å². The fourth-order valence-corrected chi connectivity index (χ4v) is 4.99. The highest BCUT2D eigenvalue weighted by molar-refractivity contribution is 7.89. The van der Waals surface area contributed by atoms with Crippen LogP contribution in [0.2, 0.25) is 0 Å². The largest absolute Gasteiger partial charge is 0.322 e. The molecule has 1 aliphatic rings. The zero-order valence-electron chi connectivity index (χ0n) is 17.0. The average Bonchev–Trinajstić information content (AvgIpc) is 2.79. The molecule has 6 nitrogen and oxygen atoms in total. The molecule has 0 aromatic heterocycles. The van der Waals surface area contributed by atoms with Gasteiger partial charge in [-0.05, 0) is 73.0 Å². The van der Waals surface area contributed by atoms with E-state index < -0.39 is 10.0 Å². The summed E-state index contributed by atoms with van der Waals surface area (Å²) >= 11 is 0. The lowest BCUT2D eigenvalue weighted by Crippen LogP contribution is -2.36. The van der Waals surface area contributed by atoms with Crippen molar-refractivity contribution in [2.45, 2.75) is 24.8 Å². The topological polar surface area (TPSA) is 90.3 Å². The molecule has 1 heterocycles. The Morgan fingerprint density at radius 2 is 1.71 bits per heavy atom. The summed E-state index contributed by atoms with van der Waals surface area (Å²) in [6.45, 7) is 2.59. The van der Waals surface area contributed by atoms with E-state index in [4.69, 9.17) is 5.26 Å². The minimum atomic E-state index is -3.59. The molecule has 0 radical (unpaired) electrons. The SMILES string of the molecule is Cc1ccc(S(=O)(=O)N2CCc3ccc(NC(=O)c4ccc(C#N)cc4)cc3C2)cc1. The number of carbonyl (C=O) groups is 1. The first-order valence-electron chi connectivity index (χ1n) is 9.87. The zero-order valence-corrected chi connectivity index (χ0v) is 17.8. The van der Waals surface area contributed by atoms with Gasteiger partial charge < -0.3 is 5.32 Å². The van der Waals surface area contributed by atoms with Crippen LogP contribution in [0.15, 0.2) is 71.6 Å². The van der Waals surface area contributed by atoms with Crippen molar-refractivity contribution in [3.63, 3.8) is 0 Å². The molecule has 3 aromatic carbocycles. The van der Waals surface area contributed by atoms with Crippen LogP contribution in [-0.2, 0) is 23.0 Å². The first kappa shape index (κ1) is 20.8. The number of amides is 1. The molecule has 0 aliphatic carbocycles. The van der Waals surface area contributed by atoms with Crippen molar-refractivity contribution in [2.75, 3.05) is 11.9 Å². The number of fused-ring (bicyclic) bond motifs is 1. The van der Waals surface area contributed by atoms with Gasteiger partial charge in [0.2, 0.25) is 10.0 Å². The molecule has 0 unspecified atom stereocenters. The lowest BCUT2D eigenvalue weighted by molar-refractivity contribution is 0.102. The van der Waals surface area contributed by atoms with Crippen molar-refractivity contribution in [3.8, 4) is 6.07 Å². The number of sulfonamides is 1. The van der Waals surface area contributed by atoms with Crippen LogP contribution < -0.4 is 5.32 Å². The van der Waals surface area contributed by atoms with E-state index in [1.54, 1.807) is 48.5 Å². The Balaban J connectivity index is 1.53. The van der Waals surface area contributed by atoms with Crippen LogP contribution in [0.3, 0.4) is 0 Å². The lowest BCUT2D eigenvalue weighted by atomic mass is 10.0. The Hall–Kier alpha value is -3.47. The number of benzene rings is 3. The average molecular weight is 432 g/mol. The van der Waals surface area contributed by atoms with Crippen molar-refractivity contribution in [1.29, 1.82) is 5.26 Å². The maximum Gasteiger partial charge on any atom is 0.255 e. The minimum absolute atomic E-state index is 0.256. The molecule has 0 saturated carbocycles. The van der Waals surface area contributed by atoms with Crippen molar-refractivity contribution >= 4 is 21.6 Å². The molecule has 7 heteroatoms. The van der Waals surface area contributed by atoms with Gasteiger partial charge in [-0.25, -0.2) is 8.42 Å². The molecule has 3 aromatic rings. The Labute approximate surface area is 181 Å². The predicted octanol–water partition coefficient (Wildman–Crippen LogP) is 3.87. The fourth-order valence-electron chi connectivity index (χ4n) is 3.57. The van der Waals surface area contributed by atoms with Crippen LogP contribution in [0.5, 0.6) is 0 Å². The van der Waals surface area contributed by atoms with Crippen LogP contribution in [-0.4, -0.2) is 25.2 Å². The summed E-state index contributed by atoms with van der Waals surface area (Å²) in [4.78, 5) is 12.8. The predicted molar refractivity (Wildman–Crippen MR) is 118 cm³/mol. The second-order valence-corrected chi connectivity index (χ2v) is 9.47. The lowest BCUT2D eigenvalue weighted by Gasteiger charge is -2.28. The highest BCUT2D eigenvalue weighted by atomic mass is 32.2. The molecule has 1 N–H and O–H groups in total. The van der Waals surface area contributed by atoms with Gasteiger partial charge in [0, 0.05) is 24.3 Å². The third-order valence-corrected chi connectivity index (χ3v) is 7.24. The first-order valence-corrected chi connectivity index (χ1v) is 11.3. The van der Waals surface area contributed by atoms with E-state index in [0.717, 1.165) is 16.7 Å². The molecule has 0 spiro atoms. The van der Waals surface area contributed by atoms with Gasteiger partial charge in [0.25, 0.3) is 5.91 Å². The summed E-state index contributed by atoms with van der Waals surface area (Å²) in [6.07, 6.45) is 0.615. The van der Waals surface area contributed by atoms with Crippen molar-refractivity contribution in [3.05, 3.63) is 94.5 Å². The van der Waals surface area contributed by atoms with Crippen LogP contribution in [0, 0.1) is 18.3 Å². The molecule has 156 valence electrons. The van der Waals surface area contributed by atoms with E-state index >= 15 is 0 Å². The molecule has 1 aliphatic heterocycles. The number of rotatable bonds is 4. The van der Waals surface area contributed by atoms with Crippen molar-refractivity contribution in [1.82, 2.24) is 4.31 Å². The second kappa shape index (κ2) is 8.34. The Morgan fingerprint density at radius 1 is 1.00 bits per heavy atom. The van der Waals surface area contributed by atoms with Gasteiger partial charge in [0.05, 0.1) is 16.5 Å². The minimum Gasteiger partial charge on any atom is -0.322 e. The highest BCUT2D eigenvalue weighted by Crippen LogP contribution is 2.27. The van der Waals surface area contributed by atoms with Gasteiger partial charge in [0.1, 0.15) is 0 Å². The third kappa shape index (κ3) is 4.36. The summed E-state index contributed by atoms with van der Waals surface area (Å²) in [6, 6.07) is 20.8. The number of hydrogen-bond donors (Lipinski definition) is 1. The quantitative estimate of drug-likeness (QED) is 0.679. The van der Waals surface area contributed by atoms with Gasteiger partial charge in [0.15, 0.2) is 0 Å². The van der Waals surface area contributed by atoms with Crippen LogP contribution in [0.4, 0.5) is 5.69 Å². The molecular formula is C24H21N3O3S. The number of carbonyl (C=O) groups excluding carboxylic acids is 1. The maximum absolute atomic E-state index is 13.0. The van der Waals surface area contributed by atoms with Gasteiger partial charge in [-0.1, -0.05) is 23.8 Å². The molecule has 1 amide bonds. The van der Waals surface area contributed by atoms with Crippen LogP contribution in [0.25, 0.3) is 0 Å². The van der Waals surface area contributed by atoms with E-state index in [-0.39, 0.29) is 17.3 Å². The van der Waals surface area contributed by atoms with Crippen molar-refractivity contribution < 1.29 is 13.2 Å². The normalized spacial score (nSPS) is 13.8. The fraction of sp³-hybridized carbons (Fsp3) is 0.167. The van der Waals surface area contributed by atoms with E-state index in [9.17, 15) is 13.2 Å². The van der Waals surface area contributed by atoms with E-state index in [1.807, 2.05) is 31.2 Å². The smallest absolute Gasteiger partial charge is 0.255 e. The zero-order chi connectivity index (χ0) is 22.0. The number of anilines is 1. The molecular weight excluding hydrogens is 410 g/mol. The summed E-state index contributed by atoms with van der Waals surface area (Å²) in [5.41, 5.74) is 4.49. The molecule has 31 heavy (non-hydrogen) atoms. The van der Waals surface area contributed by atoms with E-state index in [0.29, 0.717) is 29.8 Å². The molecule has 0 fully saturated rings. The van der Waals surface area contributed by atoms with Crippen molar-refractivity contribution in [2.24, 2.45) is 0 Å². The summed E-state index contributed by atoms with van der Waals surface area (Å²) in [5, 5.41) is 11.7. The summed E-state index contributed by atoms with van der Waals surface area (Å²) < 4.78 is 27.6. The standard InChI is InChI=1S/C24H21N3O3S/c1-17-2-10-23(11-3-17)31(29,30)27-13-12-19-8-9-22(14-21(19)16-27)26-24(28)20-6-4-18(15-25)5-7-20/h2-11,14H,12-13,16H2,1H3,(H,26,28). The number of aryl methyl sites for hydroxylation is 1. The monoisotopic (exact) mass is 431 g/mol. The van der Waals surface area contributed by atoms with Crippen LogP contribution >= 0.6 is 0 Å². The number of hydrogen-bond acceptors (Lipinski definition) is 4. The molecule has 0 saturated heterocycles. The van der Waals surface area contributed by atoms with Gasteiger partial charge in [-0.15, -0.1) is 0 Å². The Morgan fingerprint density at radius 3 is 2.39 bits per heavy atom. The number of nitrogens with one attached hydrogen (secondary N) is 1. The summed E-state index contributed by atoms with van der Waals surface area (Å²) in [7, 11) is -3.59. The maximum atomic E-state index is 13.0. The first-order chi connectivity index (χ1) is 14.9. The molecule has 4 rings (SSSR count).